The van der Waals surface area contributed by atoms with E-state index in [1.807, 2.05) is 6.92 Å². The van der Waals surface area contributed by atoms with E-state index in [0.717, 1.165) is 47.7 Å². The highest BCUT2D eigenvalue weighted by Gasteiger charge is 2.26. The molecule has 7 nitrogen and oxygen atoms in total. The molecule has 0 spiro atoms. The van der Waals surface area contributed by atoms with Crippen molar-refractivity contribution in [2.24, 2.45) is 5.92 Å². The Balaban J connectivity index is 1.51. The molecule has 198 valence electrons. The summed E-state index contributed by atoms with van der Waals surface area (Å²) in [5, 5.41) is 5.60. The Morgan fingerprint density at radius 2 is 1.74 bits per heavy atom. The van der Waals surface area contributed by atoms with Gasteiger partial charge < -0.3 is 9.80 Å². The molecule has 0 saturated carbocycles. The van der Waals surface area contributed by atoms with Crippen LogP contribution in [-0.2, 0) is 6.42 Å². The third-order valence-electron chi connectivity index (χ3n) is 6.93. The number of amides is 1. The maximum absolute atomic E-state index is 14.3. The minimum absolute atomic E-state index is 0.0952. The molecular formula is C29H32F2N6O. The quantitative estimate of drug-likeness (QED) is 0.345. The molecule has 2 aromatic heterocycles. The molecular weight excluding hydrogens is 486 g/mol. The van der Waals surface area contributed by atoms with Gasteiger partial charge in [0.15, 0.2) is 5.65 Å². The molecule has 4 aromatic rings. The number of benzene rings is 2. The van der Waals surface area contributed by atoms with Gasteiger partial charge in [-0.3, -0.25) is 4.79 Å². The van der Waals surface area contributed by atoms with Crippen LogP contribution in [0.1, 0.15) is 48.6 Å². The first-order chi connectivity index (χ1) is 18.3. The zero-order valence-corrected chi connectivity index (χ0v) is 22.0. The molecule has 38 heavy (non-hydrogen) atoms. The lowest BCUT2D eigenvalue weighted by molar-refractivity contribution is 0.0762. The lowest BCUT2D eigenvalue weighted by Crippen LogP contribution is -2.36. The smallest absolute Gasteiger partial charge is 0.256 e. The van der Waals surface area contributed by atoms with Gasteiger partial charge in [-0.1, -0.05) is 26.0 Å². The first-order valence-electron chi connectivity index (χ1n) is 13.1. The minimum atomic E-state index is -0.505. The van der Waals surface area contributed by atoms with Crippen LogP contribution in [0.25, 0.3) is 16.7 Å². The van der Waals surface area contributed by atoms with Gasteiger partial charge in [0.1, 0.15) is 23.3 Å². The average molecular weight is 519 g/mol. The highest BCUT2D eigenvalue weighted by atomic mass is 19.1. The summed E-state index contributed by atoms with van der Waals surface area (Å²) in [6.07, 6.45) is 2.39. The third kappa shape index (κ3) is 5.23. The fraction of sp³-hybridized carbons (Fsp3) is 0.379. The summed E-state index contributed by atoms with van der Waals surface area (Å²) < 4.78 is 29.7. The number of hydrogen-bond donors (Lipinski definition) is 0. The molecule has 0 bridgehead atoms. The third-order valence-corrected chi connectivity index (χ3v) is 6.93. The highest BCUT2D eigenvalue weighted by Crippen LogP contribution is 2.30. The van der Waals surface area contributed by atoms with Crippen molar-refractivity contribution in [3.05, 3.63) is 77.2 Å². The normalized spacial score (nSPS) is 14.4. The number of carbonyl (C=O) groups excluding carboxylic acids is 1. The second kappa shape index (κ2) is 10.8. The number of halogens is 2. The lowest BCUT2D eigenvalue weighted by Gasteiger charge is -2.24. The number of aryl methyl sites for hydroxylation is 2. The number of nitrogens with zero attached hydrogens (tertiary/aromatic N) is 6. The monoisotopic (exact) mass is 518 g/mol. The zero-order valence-electron chi connectivity index (χ0n) is 22.0. The van der Waals surface area contributed by atoms with E-state index in [0.29, 0.717) is 37.7 Å². The second-order valence-corrected chi connectivity index (χ2v) is 10.2. The lowest BCUT2D eigenvalue weighted by atomic mass is 10.1. The number of hydrogen-bond acceptors (Lipinski definition) is 5. The van der Waals surface area contributed by atoms with Gasteiger partial charge >= 0.3 is 0 Å². The molecule has 0 radical (unpaired) electrons. The Hall–Kier alpha value is -3.88. The Labute approximate surface area is 221 Å². The Kier molecular flexibility index (Phi) is 7.35. The zero-order chi connectivity index (χ0) is 26.8. The van der Waals surface area contributed by atoms with Crippen molar-refractivity contribution in [2.75, 3.05) is 31.1 Å². The van der Waals surface area contributed by atoms with Gasteiger partial charge in [-0.15, -0.1) is 0 Å². The van der Waals surface area contributed by atoms with Gasteiger partial charge in [-0.25, -0.2) is 23.4 Å². The Morgan fingerprint density at radius 3 is 2.47 bits per heavy atom. The van der Waals surface area contributed by atoms with Crippen LogP contribution in [0.2, 0.25) is 0 Å². The number of carbonyl (C=O) groups is 1. The molecule has 0 N–H and O–H groups in total. The summed E-state index contributed by atoms with van der Waals surface area (Å²) in [4.78, 5) is 26.9. The summed E-state index contributed by atoms with van der Waals surface area (Å²) in [7, 11) is 0. The number of fused-ring (bicyclic) bond motifs is 1. The summed E-state index contributed by atoms with van der Waals surface area (Å²) in [5.74, 6) is 0.907. The van der Waals surface area contributed by atoms with Crippen LogP contribution in [0.5, 0.6) is 0 Å². The molecule has 0 aliphatic carbocycles. The molecule has 2 aromatic carbocycles. The van der Waals surface area contributed by atoms with Gasteiger partial charge in [0.05, 0.1) is 22.3 Å². The van der Waals surface area contributed by atoms with Crippen molar-refractivity contribution in [3.8, 4) is 5.69 Å². The summed E-state index contributed by atoms with van der Waals surface area (Å²) in [6, 6.07) is 12.3. The number of anilines is 1. The van der Waals surface area contributed by atoms with Crippen LogP contribution >= 0.6 is 0 Å². The maximum atomic E-state index is 14.3. The maximum Gasteiger partial charge on any atom is 0.256 e. The van der Waals surface area contributed by atoms with Crippen molar-refractivity contribution < 1.29 is 13.6 Å². The molecule has 1 aliphatic rings. The molecule has 3 heterocycles. The summed E-state index contributed by atoms with van der Waals surface area (Å²) in [6.45, 7) is 8.49. The summed E-state index contributed by atoms with van der Waals surface area (Å²) >= 11 is 0. The predicted molar refractivity (Wildman–Crippen MR) is 144 cm³/mol. The van der Waals surface area contributed by atoms with Gasteiger partial charge in [-0.2, -0.15) is 5.10 Å². The van der Waals surface area contributed by atoms with Crippen molar-refractivity contribution >= 4 is 22.8 Å². The van der Waals surface area contributed by atoms with E-state index in [4.69, 9.17) is 15.1 Å². The molecule has 0 atom stereocenters. The van der Waals surface area contributed by atoms with E-state index in [9.17, 15) is 13.6 Å². The van der Waals surface area contributed by atoms with Crippen molar-refractivity contribution in [2.45, 2.75) is 40.0 Å². The van der Waals surface area contributed by atoms with E-state index in [1.54, 1.807) is 33.8 Å². The van der Waals surface area contributed by atoms with Crippen LogP contribution in [0, 0.1) is 24.5 Å². The fourth-order valence-corrected chi connectivity index (χ4v) is 4.86. The minimum Gasteiger partial charge on any atom is -0.354 e. The second-order valence-electron chi connectivity index (χ2n) is 10.2. The van der Waals surface area contributed by atoms with Crippen LogP contribution in [0.4, 0.5) is 14.6 Å². The van der Waals surface area contributed by atoms with Crippen LogP contribution < -0.4 is 4.90 Å². The largest absolute Gasteiger partial charge is 0.354 e. The van der Waals surface area contributed by atoms with Gasteiger partial charge in [0, 0.05) is 32.6 Å². The van der Waals surface area contributed by atoms with Crippen LogP contribution in [0.3, 0.4) is 0 Å². The fourth-order valence-electron chi connectivity index (χ4n) is 4.86. The van der Waals surface area contributed by atoms with E-state index in [-0.39, 0.29) is 17.3 Å². The SMILES string of the molecule is Cc1nn(-c2ccc(F)cc2)c2nc(CCC(C)C)nc(N3CCCN(C(=O)c4ccccc4F)CC3)c12. The van der Waals surface area contributed by atoms with Crippen molar-refractivity contribution in [1.82, 2.24) is 24.6 Å². The topological polar surface area (TPSA) is 67.2 Å². The molecule has 1 aliphatic heterocycles. The van der Waals surface area contributed by atoms with E-state index >= 15 is 0 Å². The molecule has 0 unspecified atom stereocenters. The van der Waals surface area contributed by atoms with Crippen LogP contribution in [0.15, 0.2) is 48.5 Å². The molecule has 1 saturated heterocycles. The first-order valence-corrected chi connectivity index (χ1v) is 13.1. The summed E-state index contributed by atoms with van der Waals surface area (Å²) in [5.41, 5.74) is 2.28. The van der Waals surface area contributed by atoms with Crippen molar-refractivity contribution in [3.63, 3.8) is 0 Å². The standard InChI is InChI=1S/C29H32F2N6O/c1-19(2)9-14-25-32-27(26-20(3)34-37(28(26)33-25)22-12-10-21(30)11-13-22)35-15-6-16-36(18-17-35)29(38)23-7-4-5-8-24(23)31/h4-5,7-8,10-13,19H,6,9,14-18H2,1-3H3. The van der Waals surface area contributed by atoms with Gasteiger partial charge in [0.25, 0.3) is 5.91 Å². The van der Waals surface area contributed by atoms with Gasteiger partial charge in [0.2, 0.25) is 0 Å². The molecule has 5 rings (SSSR count). The molecule has 1 amide bonds. The number of rotatable bonds is 6. The van der Waals surface area contributed by atoms with E-state index < -0.39 is 5.82 Å². The van der Waals surface area contributed by atoms with E-state index in [2.05, 4.69) is 18.7 Å². The van der Waals surface area contributed by atoms with Gasteiger partial charge in [-0.05, 0) is 62.1 Å². The average Bonchev–Trinajstić information content (AvgIpc) is 3.07. The Morgan fingerprint density at radius 1 is 0.974 bits per heavy atom. The van der Waals surface area contributed by atoms with Crippen molar-refractivity contribution in [1.29, 1.82) is 0 Å². The number of aromatic nitrogens is 4. The predicted octanol–water partition coefficient (Wildman–Crippen LogP) is 5.34. The first kappa shape index (κ1) is 25.8. The Bertz CT molecular complexity index is 1450. The highest BCUT2D eigenvalue weighted by molar-refractivity contribution is 5.95. The molecule has 1 fully saturated rings. The van der Waals surface area contributed by atoms with E-state index in [1.165, 1.54) is 24.3 Å². The molecule has 9 heteroatoms. The van der Waals surface area contributed by atoms with Crippen LogP contribution in [-0.4, -0.2) is 56.7 Å².